The van der Waals surface area contributed by atoms with E-state index in [2.05, 4.69) is 20.5 Å². The molecule has 1 aromatic heterocycles. The molecule has 0 aliphatic heterocycles. The Morgan fingerprint density at radius 2 is 2.32 bits per heavy atom. The Morgan fingerprint density at radius 3 is 3.05 bits per heavy atom. The van der Waals surface area contributed by atoms with Crippen LogP contribution in [0, 0.1) is 11.3 Å². The number of nitriles is 1. The molecule has 0 atom stereocenters. The highest BCUT2D eigenvalue weighted by Crippen LogP contribution is 2.15. The lowest BCUT2D eigenvalue weighted by Crippen LogP contribution is -2.13. The molecule has 0 radical (unpaired) electrons. The molecule has 0 unspecified atom stereocenters. The van der Waals surface area contributed by atoms with E-state index in [1.807, 2.05) is 6.07 Å². The SMILES string of the molecule is N#Cc1ccccc1NC(=O)CCSc1ncn[nH]1. The molecule has 0 bridgehead atoms. The zero-order valence-electron chi connectivity index (χ0n) is 9.96. The van der Waals surface area contributed by atoms with Crippen LogP contribution in [-0.2, 0) is 4.79 Å². The van der Waals surface area contributed by atoms with E-state index in [1.165, 1.54) is 18.1 Å². The quantitative estimate of drug-likeness (QED) is 0.810. The van der Waals surface area contributed by atoms with Crippen LogP contribution in [0.3, 0.4) is 0 Å². The summed E-state index contributed by atoms with van der Waals surface area (Å²) < 4.78 is 0. The van der Waals surface area contributed by atoms with E-state index in [0.717, 1.165) is 0 Å². The summed E-state index contributed by atoms with van der Waals surface area (Å²) in [4.78, 5) is 15.7. The number of amides is 1. The largest absolute Gasteiger partial charge is 0.325 e. The first-order chi connectivity index (χ1) is 9.29. The van der Waals surface area contributed by atoms with Crippen molar-refractivity contribution in [3.63, 3.8) is 0 Å². The molecule has 0 fully saturated rings. The fourth-order valence-electron chi connectivity index (χ4n) is 1.41. The number of hydrogen-bond donors (Lipinski definition) is 2. The number of nitrogens with one attached hydrogen (secondary N) is 2. The number of para-hydroxylation sites is 1. The molecule has 96 valence electrons. The summed E-state index contributed by atoms with van der Waals surface area (Å²) in [5.74, 6) is 0.463. The molecule has 0 aliphatic rings. The maximum Gasteiger partial charge on any atom is 0.225 e. The molecule has 0 spiro atoms. The average molecular weight is 273 g/mol. The summed E-state index contributed by atoms with van der Waals surface area (Å²) in [5, 5.41) is 18.7. The van der Waals surface area contributed by atoms with E-state index in [0.29, 0.717) is 28.6 Å². The van der Waals surface area contributed by atoms with E-state index in [9.17, 15) is 4.79 Å². The third-order valence-electron chi connectivity index (χ3n) is 2.28. The number of H-pyrrole nitrogens is 1. The molecule has 6 nitrogen and oxygen atoms in total. The number of aromatic nitrogens is 3. The minimum Gasteiger partial charge on any atom is -0.325 e. The second-order valence-corrected chi connectivity index (χ2v) is 4.68. The first kappa shape index (κ1) is 13.1. The summed E-state index contributed by atoms with van der Waals surface area (Å²) >= 11 is 1.42. The molecule has 2 rings (SSSR count). The molecular weight excluding hydrogens is 262 g/mol. The van der Waals surface area contributed by atoms with Gasteiger partial charge in [-0.15, -0.1) is 0 Å². The molecule has 7 heteroatoms. The van der Waals surface area contributed by atoms with Crippen molar-refractivity contribution in [3.8, 4) is 6.07 Å². The van der Waals surface area contributed by atoms with Gasteiger partial charge in [0.2, 0.25) is 5.91 Å². The first-order valence-electron chi connectivity index (χ1n) is 5.57. The van der Waals surface area contributed by atoms with Crippen LogP contribution in [0.25, 0.3) is 0 Å². The molecular formula is C12H11N5OS. The van der Waals surface area contributed by atoms with Crippen molar-refractivity contribution in [1.82, 2.24) is 15.2 Å². The summed E-state index contributed by atoms with van der Waals surface area (Å²) in [6, 6.07) is 8.95. The van der Waals surface area contributed by atoms with Crippen LogP contribution in [-0.4, -0.2) is 26.8 Å². The lowest BCUT2D eigenvalue weighted by atomic mass is 10.2. The lowest BCUT2D eigenvalue weighted by Gasteiger charge is -2.05. The number of aromatic amines is 1. The number of rotatable bonds is 5. The van der Waals surface area contributed by atoms with Gasteiger partial charge in [0.15, 0.2) is 5.16 Å². The zero-order chi connectivity index (χ0) is 13.5. The Kier molecular flexibility index (Phi) is 4.53. The average Bonchev–Trinajstić information content (AvgIpc) is 2.92. The van der Waals surface area contributed by atoms with Gasteiger partial charge in [-0.2, -0.15) is 10.4 Å². The van der Waals surface area contributed by atoms with Crippen LogP contribution in [0.1, 0.15) is 12.0 Å². The summed E-state index contributed by atoms with van der Waals surface area (Å²) in [6.45, 7) is 0. The van der Waals surface area contributed by atoms with Gasteiger partial charge in [-0.1, -0.05) is 23.9 Å². The summed E-state index contributed by atoms with van der Waals surface area (Å²) in [7, 11) is 0. The van der Waals surface area contributed by atoms with Crippen molar-refractivity contribution in [2.45, 2.75) is 11.6 Å². The van der Waals surface area contributed by atoms with Gasteiger partial charge in [0.05, 0.1) is 11.3 Å². The van der Waals surface area contributed by atoms with Crippen LogP contribution in [0.4, 0.5) is 5.69 Å². The van der Waals surface area contributed by atoms with Gasteiger partial charge in [-0.25, -0.2) is 4.98 Å². The molecule has 0 aliphatic carbocycles. The fraction of sp³-hybridized carbons (Fsp3) is 0.167. The molecule has 0 saturated heterocycles. The smallest absolute Gasteiger partial charge is 0.225 e. The van der Waals surface area contributed by atoms with Crippen LogP contribution in [0.2, 0.25) is 0 Å². The van der Waals surface area contributed by atoms with Crippen LogP contribution >= 0.6 is 11.8 Å². The first-order valence-corrected chi connectivity index (χ1v) is 6.55. The van der Waals surface area contributed by atoms with E-state index in [-0.39, 0.29) is 5.91 Å². The minimum atomic E-state index is -0.130. The van der Waals surface area contributed by atoms with Crippen molar-refractivity contribution in [2.75, 3.05) is 11.1 Å². The normalized spacial score (nSPS) is 9.84. The van der Waals surface area contributed by atoms with Crippen molar-refractivity contribution >= 4 is 23.4 Å². The fourth-order valence-corrected chi connectivity index (χ4v) is 2.13. The standard InChI is InChI=1S/C12H11N5OS/c13-7-9-3-1-2-4-10(9)16-11(18)5-6-19-12-14-8-15-17-12/h1-4,8H,5-6H2,(H,16,18)(H,14,15,17). The zero-order valence-corrected chi connectivity index (χ0v) is 10.8. The maximum absolute atomic E-state index is 11.7. The number of nitrogens with zero attached hydrogens (tertiary/aromatic N) is 3. The molecule has 2 aromatic rings. The van der Waals surface area contributed by atoms with Gasteiger partial charge in [-0.05, 0) is 12.1 Å². The molecule has 1 heterocycles. The molecule has 0 saturated carbocycles. The van der Waals surface area contributed by atoms with E-state index < -0.39 is 0 Å². The number of benzene rings is 1. The highest BCUT2D eigenvalue weighted by atomic mass is 32.2. The predicted octanol–water partition coefficient (Wildman–Crippen LogP) is 1.80. The number of hydrogen-bond acceptors (Lipinski definition) is 5. The molecule has 1 amide bonds. The van der Waals surface area contributed by atoms with E-state index in [4.69, 9.17) is 5.26 Å². The molecule has 1 aromatic carbocycles. The maximum atomic E-state index is 11.7. The molecule has 19 heavy (non-hydrogen) atoms. The Hall–Kier alpha value is -2.33. The van der Waals surface area contributed by atoms with Crippen molar-refractivity contribution in [3.05, 3.63) is 36.2 Å². The van der Waals surface area contributed by atoms with E-state index >= 15 is 0 Å². The summed E-state index contributed by atoms with van der Waals surface area (Å²) in [5.41, 5.74) is 0.999. The Balaban J connectivity index is 1.83. The van der Waals surface area contributed by atoms with Crippen molar-refractivity contribution in [1.29, 1.82) is 5.26 Å². The lowest BCUT2D eigenvalue weighted by molar-refractivity contribution is -0.115. The van der Waals surface area contributed by atoms with Gasteiger partial charge in [0.25, 0.3) is 0 Å². The summed E-state index contributed by atoms with van der Waals surface area (Å²) in [6.07, 6.45) is 1.76. The predicted molar refractivity (Wildman–Crippen MR) is 71.5 cm³/mol. The van der Waals surface area contributed by atoms with Gasteiger partial charge < -0.3 is 5.32 Å². The number of thioether (sulfide) groups is 1. The van der Waals surface area contributed by atoms with Crippen LogP contribution in [0.15, 0.2) is 35.7 Å². The van der Waals surface area contributed by atoms with Crippen molar-refractivity contribution in [2.24, 2.45) is 0 Å². The topological polar surface area (TPSA) is 94.5 Å². The highest BCUT2D eigenvalue weighted by Gasteiger charge is 2.06. The van der Waals surface area contributed by atoms with Gasteiger partial charge in [0.1, 0.15) is 12.4 Å². The van der Waals surface area contributed by atoms with Crippen LogP contribution in [0.5, 0.6) is 0 Å². The second kappa shape index (κ2) is 6.56. The Labute approximate surface area is 114 Å². The highest BCUT2D eigenvalue weighted by molar-refractivity contribution is 7.99. The monoisotopic (exact) mass is 273 g/mol. The Bertz CT molecular complexity index is 590. The third kappa shape index (κ3) is 3.82. The number of anilines is 1. The van der Waals surface area contributed by atoms with Gasteiger partial charge >= 0.3 is 0 Å². The van der Waals surface area contributed by atoms with Crippen molar-refractivity contribution < 1.29 is 4.79 Å². The molecule has 2 N–H and O–H groups in total. The van der Waals surface area contributed by atoms with Gasteiger partial charge in [-0.3, -0.25) is 9.89 Å². The van der Waals surface area contributed by atoms with Crippen LogP contribution < -0.4 is 5.32 Å². The second-order valence-electron chi connectivity index (χ2n) is 3.59. The minimum absolute atomic E-state index is 0.130. The van der Waals surface area contributed by atoms with Gasteiger partial charge in [0, 0.05) is 12.2 Å². The number of carbonyl (C=O) groups excluding carboxylic acids is 1. The van der Waals surface area contributed by atoms with E-state index in [1.54, 1.807) is 24.3 Å². The Morgan fingerprint density at radius 1 is 1.47 bits per heavy atom. The number of carbonyl (C=O) groups is 1. The third-order valence-corrected chi connectivity index (χ3v) is 3.16.